The Hall–Kier alpha value is -0.240. The second kappa shape index (κ2) is 1.88. The van der Waals surface area contributed by atoms with Crippen molar-refractivity contribution in [1.82, 2.24) is 0 Å². The van der Waals surface area contributed by atoms with Crippen LogP contribution in [0, 0.1) is 5.41 Å². The summed E-state index contributed by atoms with van der Waals surface area (Å²) in [6, 6.07) is 0. The molecule has 0 unspecified atom stereocenters. The highest BCUT2D eigenvalue weighted by molar-refractivity contribution is 6.39. The summed E-state index contributed by atoms with van der Waals surface area (Å²) in [5.41, 5.74) is -0.163. The van der Waals surface area contributed by atoms with Crippen LogP contribution in [0.3, 0.4) is 0 Å². The first-order valence-electron chi connectivity index (χ1n) is 3.59. The van der Waals surface area contributed by atoms with Crippen LogP contribution < -0.4 is 0 Å². The number of aliphatic hydroxyl groups is 1. The average molecular weight is 138 g/mol. The molecule has 1 fully saturated rings. The zero-order chi connectivity index (χ0) is 7.99. The van der Waals surface area contributed by atoms with Crippen molar-refractivity contribution in [3.63, 3.8) is 0 Å². The van der Waals surface area contributed by atoms with Gasteiger partial charge >= 0.3 is 0 Å². The number of carbonyl (C=O) groups is 1. The fourth-order valence-corrected chi connectivity index (χ4v) is 1.25. The molecular formula is C6H12B2O2. The van der Waals surface area contributed by atoms with E-state index in [0.717, 1.165) is 0 Å². The van der Waals surface area contributed by atoms with Gasteiger partial charge in [0.05, 0.1) is 0 Å². The molecule has 54 valence electrons. The van der Waals surface area contributed by atoms with Gasteiger partial charge in [0.25, 0.3) is 0 Å². The van der Waals surface area contributed by atoms with Crippen molar-refractivity contribution in [3.05, 3.63) is 0 Å². The Labute approximate surface area is 62.8 Å². The van der Waals surface area contributed by atoms with Crippen LogP contribution in [0.15, 0.2) is 0 Å². The van der Waals surface area contributed by atoms with Crippen molar-refractivity contribution < 1.29 is 9.90 Å². The van der Waals surface area contributed by atoms with E-state index in [-0.39, 0.29) is 11.2 Å². The Morgan fingerprint density at radius 1 is 1.60 bits per heavy atom. The molecule has 0 saturated heterocycles. The Bertz CT molecular complexity index is 163. The largest absolute Gasteiger partial charge is 0.407 e. The van der Waals surface area contributed by atoms with Gasteiger partial charge in [-0.15, -0.1) is 0 Å². The highest BCUT2D eigenvalue weighted by Gasteiger charge is 2.48. The van der Waals surface area contributed by atoms with Gasteiger partial charge in [-0.1, -0.05) is 6.92 Å². The second-order valence-corrected chi connectivity index (χ2v) is 4.01. The molecule has 0 radical (unpaired) electrons. The van der Waals surface area contributed by atoms with Crippen molar-refractivity contribution in [2.45, 2.75) is 25.2 Å². The Morgan fingerprint density at radius 2 is 2.00 bits per heavy atom. The number of hydrogen-bond acceptors (Lipinski definition) is 2. The van der Waals surface area contributed by atoms with Crippen molar-refractivity contribution >= 4 is 21.5 Å². The standard InChI is InChI=1S/C6H12B2O2/c1-5(6(7,8)10)2-4(9)3-5/h10H,2-3,7-8H2,1H3. The molecule has 10 heavy (non-hydrogen) atoms. The van der Waals surface area contributed by atoms with Crippen LogP contribution in [-0.4, -0.2) is 32.0 Å². The molecule has 4 heteroatoms. The average Bonchev–Trinajstić information content (AvgIpc) is 1.58. The van der Waals surface area contributed by atoms with E-state index in [1.165, 1.54) is 0 Å². The van der Waals surface area contributed by atoms with E-state index in [9.17, 15) is 9.90 Å². The fourth-order valence-electron chi connectivity index (χ4n) is 1.25. The van der Waals surface area contributed by atoms with Crippen LogP contribution in [0.4, 0.5) is 0 Å². The summed E-state index contributed by atoms with van der Waals surface area (Å²) in [7, 11) is 3.53. The van der Waals surface area contributed by atoms with Gasteiger partial charge < -0.3 is 5.11 Å². The van der Waals surface area contributed by atoms with Gasteiger partial charge in [0, 0.05) is 18.2 Å². The summed E-state index contributed by atoms with van der Waals surface area (Å²) in [5.74, 6) is 0.268. The lowest BCUT2D eigenvalue weighted by molar-refractivity contribution is -0.137. The molecule has 1 N–H and O–H groups in total. The van der Waals surface area contributed by atoms with Gasteiger partial charge in [0.15, 0.2) is 0 Å². The minimum absolute atomic E-state index is 0.163. The molecule has 1 saturated carbocycles. The molecular weight excluding hydrogens is 126 g/mol. The Kier molecular flexibility index (Phi) is 1.48. The highest BCUT2D eigenvalue weighted by Crippen LogP contribution is 2.43. The molecule has 0 heterocycles. The van der Waals surface area contributed by atoms with Gasteiger partial charge in [-0.25, -0.2) is 0 Å². The summed E-state index contributed by atoms with van der Waals surface area (Å²) in [6.45, 7) is 1.95. The molecule has 1 aliphatic carbocycles. The lowest BCUT2D eigenvalue weighted by Crippen LogP contribution is -2.55. The van der Waals surface area contributed by atoms with Gasteiger partial charge in [0.1, 0.15) is 21.5 Å². The van der Waals surface area contributed by atoms with Crippen LogP contribution in [-0.2, 0) is 4.79 Å². The number of ketones is 1. The number of Topliss-reactive ketones (excluding diaryl/α,β-unsaturated/α-hetero) is 1. The summed E-state index contributed by atoms with van der Waals surface area (Å²) >= 11 is 0. The fraction of sp³-hybridized carbons (Fsp3) is 0.833. The molecule has 1 rings (SSSR count). The van der Waals surface area contributed by atoms with Crippen LogP contribution in [0.25, 0.3) is 0 Å². The van der Waals surface area contributed by atoms with Crippen LogP contribution in [0.1, 0.15) is 19.8 Å². The first-order valence-corrected chi connectivity index (χ1v) is 3.59. The summed E-state index contributed by atoms with van der Waals surface area (Å²) < 4.78 is 0. The predicted molar refractivity (Wildman–Crippen MR) is 44.4 cm³/mol. The van der Waals surface area contributed by atoms with Gasteiger partial charge in [0.2, 0.25) is 0 Å². The van der Waals surface area contributed by atoms with Gasteiger partial charge in [-0.2, -0.15) is 0 Å². The lowest BCUT2D eigenvalue weighted by atomic mass is 9.44. The zero-order valence-corrected chi connectivity index (χ0v) is 6.77. The molecule has 0 amide bonds. The monoisotopic (exact) mass is 138 g/mol. The van der Waals surface area contributed by atoms with E-state index < -0.39 is 5.40 Å². The first-order chi connectivity index (χ1) is 4.35. The van der Waals surface area contributed by atoms with E-state index >= 15 is 0 Å². The maximum atomic E-state index is 10.7. The maximum absolute atomic E-state index is 10.7. The molecule has 0 spiro atoms. The smallest absolute Gasteiger partial charge is 0.134 e. The van der Waals surface area contributed by atoms with Gasteiger partial charge in [-0.3, -0.25) is 4.79 Å². The molecule has 0 aromatic heterocycles. The summed E-state index contributed by atoms with van der Waals surface area (Å²) in [5, 5.41) is 8.85. The number of carbonyl (C=O) groups excluding carboxylic acids is 1. The van der Waals surface area contributed by atoms with Gasteiger partial charge in [-0.05, 0) is 5.41 Å². The topological polar surface area (TPSA) is 37.3 Å². The zero-order valence-electron chi connectivity index (χ0n) is 6.77. The molecule has 0 aromatic carbocycles. The summed E-state index contributed by atoms with van der Waals surface area (Å²) in [4.78, 5) is 10.7. The number of hydrogen-bond donors (Lipinski definition) is 1. The van der Waals surface area contributed by atoms with E-state index in [1.807, 2.05) is 6.92 Å². The lowest BCUT2D eigenvalue weighted by Gasteiger charge is -2.46. The first kappa shape index (κ1) is 7.86. The van der Waals surface area contributed by atoms with Crippen molar-refractivity contribution in [1.29, 1.82) is 0 Å². The molecule has 0 aromatic rings. The third-order valence-electron chi connectivity index (χ3n) is 2.65. The SMILES string of the molecule is BC(B)(O)C1(C)CC(=O)C1. The molecule has 2 nitrogen and oxygen atoms in total. The number of rotatable bonds is 1. The maximum Gasteiger partial charge on any atom is 0.134 e. The van der Waals surface area contributed by atoms with Crippen LogP contribution in [0.5, 0.6) is 0 Å². The van der Waals surface area contributed by atoms with E-state index in [4.69, 9.17) is 0 Å². The van der Waals surface area contributed by atoms with Crippen LogP contribution >= 0.6 is 0 Å². The molecule has 0 aliphatic heterocycles. The molecule has 0 atom stereocenters. The van der Waals surface area contributed by atoms with E-state index in [2.05, 4.69) is 0 Å². The Morgan fingerprint density at radius 3 is 2.10 bits per heavy atom. The quantitative estimate of drug-likeness (QED) is 0.437. The van der Waals surface area contributed by atoms with Crippen molar-refractivity contribution in [2.24, 2.45) is 5.41 Å². The van der Waals surface area contributed by atoms with Crippen molar-refractivity contribution in [2.75, 3.05) is 0 Å². The summed E-state index contributed by atoms with van der Waals surface area (Å²) in [6.07, 6.45) is 1.08. The molecule has 0 bridgehead atoms. The van der Waals surface area contributed by atoms with E-state index in [0.29, 0.717) is 12.8 Å². The highest BCUT2D eigenvalue weighted by atomic mass is 16.3. The predicted octanol–water partition coefficient (Wildman–Crippen LogP) is -1.73. The minimum Gasteiger partial charge on any atom is -0.407 e. The van der Waals surface area contributed by atoms with Crippen molar-refractivity contribution in [3.8, 4) is 0 Å². The third kappa shape index (κ3) is 1.01. The van der Waals surface area contributed by atoms with Crippen LogP contribution in [0.2, 0.25) is 0 Å². The molecule has 1 aliphatic rings. The Balaban J connectivity index is 2.65. The third-order valence-corrected chi connectivity index (χ3v) is 2.65. The minimum atomic E-state index is -0.707. The normalized spacial score (nSPS) is 24.0. The second-order valence-electron chi connectivity index (χ2n) is 4.01. The van der Waals surface area contributed by atoms with E-state index in [1.54, 1.807) is 15.7 Å².